The highest BCUT2D eigenvalue weighted by Gasteiger charge is 2.30. The van der Waals surface area contributed by atoms with Crippen LogP contribution in [0.5, 0.6) is 0 Å². The Kier molecular flexibility index (Phi) is 6.46. The van der Waals surface area contributed by atoms with Gasteiger partial charge in [0.25, 0.3) is 5.91 Å². The molecule has 1 aliphatic heterocycles. The van der Waals surface area contributed by atoms with Crippen LogP contribution >= 0.6 is 0 Å². The number of nitrogens with one attached hydrogen (secondary N) is 1. The molecule has 7 nitrogen and oxygen atoms in total. The van der Waals surface area contributed by atoms with Gasteiger partial charge in [-0.3, -0.25) is 14.7 Å². The molecular weight excluding hydrogens is 404 g/mol. The Balaban J connectivity index is 1.66. The molecule has 4 rings (SSSR count). The van der Waals surface area contributed by atoms with Gasteiger partial charge < -0.3 is 10.1 Å². The molecule has 1 unspecified atom stereocenters. The van der Waals surface area contributed by atoms with Crippen molar-refractivity contribution < 1.29 is 14.3 Å². The maximum absolute atomic E-state index is 13.5. The van der Waals surface area contributed by atoms with Gasteiger partial charge in [0, 0.05) is 48.4 Å². The van der Waals surface area contributed by atoms with Crippen molar-refractivity contribution in [3.8, 4) is 0 Å². The van der Waals surface area contributed by atoms with E-state index in [1.807, 2.05) is 31.2 Å². The first kappa shape index (κ1) is 21.9. The van der Waals surface area contributed by atoms with Crippen LogP contribution in [-0.2, 0) is 22.5 Å². The fourth-order valence-electron chi connectivity index (χ4n) is 4.04. The minimum Gasteiger partial charge on any atom is -0.449 e. The van der Waals surface area contributed by atoms with E-state index in [4.69, 9.17) is 9.72 Å². The van der Waals surface area contributed by atoms with Gasteiger partial charge >= 0.3 is 5.97 Å². The monoisotopic (exact) mass is 432 g/mol. The highest BCUT2D eigenvalue weighted by molar-refractivity contribution is 6.06. The molecule has 0 saturated carbocycles. The van der Waals surface area contributed by atoms with Crippen LogP contribution in [-0.4, -0.2) is 45.4 Å². The van der Waals surface area contributed by atoms with Crippen molar-refractivity contribution in [1.82, 2.24) is 14.9 Å². The van der Waals surface area contributed by atoms with Crippen LogP contribution in [0.15, 0.2) is 48.7 Å². The van der Waals surface area contributed by atoms with Crippen molar-refractivity contribution in [3.05, 3.63) is 65.5 Å². The molecule has 1 amide bonds. The second-order valence-electron chi connectivity index (χ2n) is 8.25. The molecule has 166 valence electrons. The number of pyridine rings is 2. The molecular formula is C25H28N4O3. The van der Waals surface area contributed by atoms with Crippen LogP contribution in [0.25, 0.3) is 10.9 Å². The van der Waals surface area contributed by atoms with Crippen LogP contribution in [0.3, 0.4) is 0 Å². The Hall–Kier alpha value is -3.32. The maximum Gasteiger partial charge on any atom is 0.340 e. The smallest absolute Gasteiger partial charge is 0.340 e. The molecule has 0 radical (unpaired) electrons. The van der Waals surface area contributed by atoms with E-state index < -0.39 is 18.0 Å². The van der Waals surface area contributed by atoms with Gasteiger partial charge in [0.05, 0.1) is 11.1 Å². The van der Waals surface area contributed by atoms with E-state index in [1.165, 1.54) is 0 Å². The first-order chi connectivity index (χ1) is 15.5. The predicted molar refractivity (Wildman–Crippen MR) is 123 cm³/mol. The number of ether oxygens (including phenoxy) is 1. The van der Waals surface area contributed by atoms with Crippen molar-refractivity contribution >= 4 is 28.6 Å². The number of nitrogens with zero attached hydrogens (tertiary/aromatic N) is 3. The second-order valence-corrected chi connectivity index (χ2v) is 8.25. The number of anilines is 1. The second kappa shape index (κ2) is 9.44. The van der Waals surface area contributed by atoms with E-state index in [0.717, 1.165) is 35.1 Å². The number of carbonyl (C=O) groups excluding carboxylic acids is 2. The zero-order valence-corrected chi connectivity index (χ0v) is 18.7. The molecule has 0 spiro atoms. The number of aromatic nitrogens is 2. The zero-order chi connectivity index (χ0) is 22.7. The lowest BCUT2D eigenvalue weighted by molar-refractivity contribution is -0.124. The average molecular weight is 433 g/mol. The quantitative estimate of drug-likeness (QED) is 0.594. The molecule has 3 heterocycles. The topological polar surface area (TPSA) is 84.4 Å². The van der Waals surface area contributed by atoms with Crippen LogP contribution in [0, 0.1) is 0 Å². The van der Waals surface area contributed by atoms with Gasteiger partial charge in [0.15, 0.2) is 6.10 Å². The van der Waals surface area contributed by atoms with Gasteiger partial charge in [-0.1, -0.05) is 31.2 Å². The van der Waals surface area contributed by atoms with E-state index in [1.54, 1.807) is 24.4 Å². The summed E-state index contributed by atoms with van der Waals surface area (Å²) in [4.78, 5) is 37.5. The number of rotatable bonds is 6. The Morgan fingerprint density at radius 1 is 1.16 bits per heavy atom. The minimum absolute atomic E-state index is 0.353. The lowest BCUT2D eigenvalue weighted by Gasteiger charge is -2.32. The molecule has 0 aliphatic carbocycles. The van der Waals surface area contributed by atoms with E-state index in [9.17, 15) is 9.59 Å². The standard InChI is InChI=1S/C25H28N4O3/c1-4-21(24(30)28-22-11-7-8-13-26-22)32-25(31)23-17-9-5-6-10-19(17)27-20-12-14-29(16(2)3)15-18(20)23/h5-11,13,16,21H,4,12,14-15H2,1-3H3,(H,26,28,30). The zero-order valence-electron chi connectivity index (χ0n) is 18.7. The molecule has 2 aromatic heterocycles. The van der Waals surface area contributed by atoms with Crippen molar-refractivity contribution in [1.29, 1.82) is 0 Å². The molecule has 7 heteroatoms. The summed E-state index contributed by atoms with van der Waals surface area (Å²) in [6.45, 7) is 7.64. The highest BCUT2D eigenvalue weighted by Crippen LogP contribution is 2.30. The van der Waals surface area contributed by atoms with E-state index in [2.05, 4.69) is 29.0 Å². The normalized spacial score (nSPS) is 14.8. The molecule has 32 heavy (non-hydrogen) atoms. The molecule has 0 bridgehead atoms. The van der Waals surface area contributed by atoms with Gasteiger partial charge in [-0.2, -0.15) is 0 Å². The van der Waals surface area contributed by atoms with Crippen LogP contribution in [0.4, 0.5) is 5.82 Å². The first-order valence-corrected chi connectivity index (χ1v) is 11.0. The van der Waals surface area contributed by atoms with E-state index in [-0.39, 0.29) is 0 Å². The number of esters is 1. The SMILES string of the molecule is CCC(OC(=O)c1c2c(nc3ccccc13)CCN(C(C)C)C2)C(=O)Nc1ccccn1. The number of para-hydroxylation sites is 1. The first-order valence-electron chi connectivity index (χ1n) is 11.0. The number of benzene rings is 1. The summed E-state index contributed by atoms with van der Waals surface area (Å²) in [5.74, 6) is -0.463. The molecule has 0 saturated heterocycles. The van der Waals surface area contributed by atoms with Gasteiger partial charge in [0.2, 0.25) is 0 Å². The Bertz CT molecular complexity index is 1130. The third-order valence-electron chi connectivity index (χ3n) is 5.84. The number of amides is 1. The van der Waals surface area contributed by atoms with Crippen molar-refractivity contribution in [2.75, 3.05) is 11.9 Å². The summed E-state index contributed by atoms with van der Waals surface area (Å²) in [5, 5.41) is 3.48. The van der Waals surface area contributed by atoms with Crippen LogP contribution in [0.1, 0.15) is 48.8 Å². The lowest BCUT2D eigenvalue weighted by Crippen LogP contribution is -2.38. The third kappa shape index (κ3) is 4.48. The largest absolute Gasteiger partial charge is 0.449 e. The maximum atomic E-state index is 13.5. The van der Waals surface area contributed by atoms with Crippen molar-refractivity contribution in [2.45, 2.75) is 52.3 Å². The Labute approximate surface area is 187 Å². The summed E-state index contributed by atoms with van der Waals surface area (Å²) >= 11 is 0. The number of carbonyl (C=O) groups is 2. The highest BCUT2D eigenvalue weighted by atomic mass is 16.5. The van der Waals surface area contributed by atoms with Gasteiger partial charge in [-0.25, -0.2) is 9.78 Å². The fraction of sp³-hybridized carbons (Fsp3) is 0.360. The molecule has 1 aliphatic rings. The Morgan fingerprint density at radius 3 is 2.66 bits per heavy atom. The lowest BCUT2D eigenvalue weighted by atomic mass is 9.95. The molecule has 1 aromatic carbocycles. The number of hydrogen-bond donors (Lipinski definition) is 1. The summed E-state index contributed by atoms with van der Waals surface area (Å²) in [7, 11) is 0. The fourth-order valence-corrected chi connectivity index (χ4v) is 4.04. The molecule has 1 atom stereocenters. The molecule has 3 aromatic rings. The average Bonchev–Trinajstić information content (AvgIpc) is 2.80. The van der Waals surface area contributed by atoms with Gasteiger partial charge in [-0.05, 0) is 38.5 Å². The van der Waals surface area contributed by atoms with E-state index >= 15 is 0 Å². The summed E-state index contributed by atoms with van der Waals surface area (Å²) < 4.78 is 5.76. The Morgan fingerprint density at radius 2 is 1.94 bits per heavy atom. The van der Waals surface area contributed by atoms with Gasteiger partial charge in [0.1, 0.15) is 5.82 Å². The summed E-state index contributed by atoms with van der Waals surface area (Å²) in [6.07, 6.45) is 1.80. The predicted octanol–water partition coefficient (Wildman–Crippen LogP) is 3.97. The number of fused-ring (bicyclic) bond motifs is 2. The van der Waals surface area contributed by atoms with Gasteiger partial charge in [-0.15, -0.1) is 0 Å². The van der Waals surface area contributed by atoms with E-state index in [0.29, 0.717) is 30.4 Å². The number of hydrogen-bond acceptors (Lipinski definition) is 6. The summed E-state index contributed by atoms with van der Waals surface area (Å²) in [5.41, 5.74) is 3.11. The molecule has 0 fully saturated rings. The summed E-state index contributed by atoms with van der Waals surface area (Å²) in [6, 6.07) is 13.2. The van der Waals surface area contributed by atoms with Crippen LogP contribution in [0.2, 0.25) is 0 Å². The minimum atomic E-state index is -0.920. The molecule has 1 N–H and O–H groups in total. The third-order valence-corrected chi connectivity index (χ3v) is 5.84. The van der Waals surface area contributed by atoms with Crippen LogP contribution < -0.4 is 5.32 Å². The van der Waals surface area contributed by atoms with Crippen molar-refractivity contribution in [3.63, 3.8) is 0 Å². The van der Waals surface area contributed by atoms with Crippen molar-refractivity contribution in [2.24, 2.45) is 0 Å².